The molecule has 112 valence electrons. The summed E-state index contributed by atoms with van der Waals surface area (Å²) in [4.78, 5) is 24.5. The van der Waals surface area contributed by atoms with Crippen molar-refractivity contribution in [2.75, 3.05) is 16.4 Å². The summed E-state index contributed by atoms with van der Waals surface area (Å²) in [6.45, 7) is 2.02. The minimum atomic E-state index is -0.0707. The molecular formula is C17H16N2O2S. The van der Waals surface area contributed by atoms with Crippen LogP contribution in [0.15, 0.2) is 47.4 Å². The van der Waals surface area contributed by atoms with Crippen LogP contribution in [0.25, 0.3) is 0 Å². The number of thioether (sulfide) groups is 1. The van der Waals surface area contributed by atoms with E-state index in [1.54, 1.807) is 6.07 Å². The van der Waals surface area contributed by atoms with Gasteiger partial charge in [-0.25, -0.2) is 0 Å². The molecule has 0 atom stereocenters. The Kier molecular flexibility index (Phi) is 4.15. The highest BCUT2D eigenvalue weighted by atomic mass is 32.2. The van der Waals surface area contributed by atoms with Gasteiger partial charge in [-0.15, -0.1) is 11.8 Å². The third-order valence-electron chi connectivity index (χ3n) is 3.38. The maximum Gasteiger partial charge on any atom is 0.234 e. The lowest BCUT2D eigenvalue weighted by Crippen LogP contribution is -2.19. The van der Waals surface area contributed by atoms with Gasteiger partial charge in [0.15, 0.2) is 0 Å². The maximum atomic E-state index is 12.1. The lowest BCUT2D eigenvalue weighted by molar-refractivity contribution is -0.115. The van der Waals surface area contributed by atoms with Gasteiger partial charge in [0.05, 0.1) is 17.9 Å². The van der Waals surface area contributed by atoms with Crippen LogP contribution in [-0.2, 0) is 16.0 Å². The molecule has 2 amide bonds. The molecule has 2 N–H and O–H groups in total. The largest absolute Gasteiger partial charge is 0.326 e. The SMILES string of the molecule is Cc1ccc(CC(=O)Nc2ccc3c(c2)NC(=O)CS3)cc1. The number of anilines is 2. The Morgan fingerprint density at radius 1 is 1.23 bits per heavy atom. The lowest BCUT2D eigenvalue weighted by atomic mass is 10.1. The van der Waals surface area contributed by atoms with Crippen molar-refractivity contribution >= 4 is 35.0 Å². The summed E-state index contributed by atoms with van der Waals surface area (Å²) in [5, 5.41) is 5.69. The Morgan fingerprint density at radius 3 is 2.77 bits per heavy atom. The molecule has 2 aromatic carbocycles. The van der Waals surface area contributed by atoms with Gasteiger partial charge in [-0.1, -0.05) is 29.8 Å². The van der Waals surface area contributed by atoms with E-state index < -0.39 is 0 Å². The molecule has 0 aromatic heterocycles. The van der Waals surface area contributed by atoms with Crippen molar-refractivity contribution in [1.29, 1.82) is 0 Å². The van der Waals surface area contributed by atoms with Gasteiger partial charge < -0.3 is 10.6 Å². The smallest absolute Gasteiger partial charge is 0.234 e. The van der Waals surface area contributed by atoms with Crippen molar-refractivity contribution < 1.29 is 9.59 Å². The second-order valence-electron chi connectivity index (χ2n) is 5.26. The Hall–Kier alpha value is -2.27. The summed E-state index contributed by atoms with van der Waals surface area (Å²) < 4.78 is 0. The number of carbonyl (C=O) groups is 2. The van der Waals surface area contributed by atoms with Crippen molar-refractivity contribution in [2.45, 2.75) is 18.2 Å². The zero-order valence-electron chi connectivity index (χ0n) is 12.2. The molecule has 0 spiro atoms. The molecule has 1 aliphatic heterocycles. The molecule has 0 bridgehead atoms. The van der Waals surface area contributed by atoms with E-state index in [0.29, 0.717) is 17.9 Å². The summed E-state index contributed by atoms with van der Waals surface area (Å²) in [6.07, 6.45) is 0.332. The zero-order valence-corrected chi connectivity index (χ0v) is 13.0. The Labute approximate surface area is 133 Å². The van der Waals surface area contributed by atoms with Crippen LogP contribution in [0.4, 0.5) is 11.4 Å². The summed E-state index contributed by atoms with van der Waals surface area (Å²) >= 11 is 1.50. The van der Waals surface area contributed by atoms with Crippen molar-refractivity contribution in [2.24, 2.45) is 0 Å². The second kappa shape index (κ2) is 6.23. The Morgan fingerprint density at radius 2 is 2.00 bits per heavy atom. The van der Waals surface area contributed by atoms with Crippen LogP contribution in [0, 0.1) is 6.92 Å². The van der Waals surface area contributed by atoms with Gasteiger partial charge in [0, 0.05) is 10.6 Å². The predicted molar refractivity (Wildman–Crippen MR) is 89.3 cm³/mol. The molecule has 0 radical (unpaired) electrons. The van der Waals surface area contributed by atoms with E-state index in [0.717, 1.165) is 16.1 Å². The van der Waals surface area contributed by atoms with Gasteiger partial charge >= 0.3 is 0 Å². The number of rotatable bonds is 3. The average molecular weight is 312 g/mol. The molecule has 0 unspecified atom stereocenters. The van der Waals surface area contributed by atoms with Gasteiger partial charge in [-0.2, -0.15) is 0 Å². The Bertz CT molecular complexity index is 726. The van der Waals surface area contributed by atoms with Crippen molar-refractivity contribution in [3.63, 3.8) is 0 Å². The molecule has 4 nitrogen and oxygen atoms in total. The highest BCUT2D eigenvalue weighted by Gasteiger charge is 2.15. The molecule has 22 heavy (non-hydrogen) atoms. The van der Waals surface area contributed by atoms with E-state index in [2.05, 4.69) is 10.6 Å². The topological polar surface area (TPSA) is 58.2 Å². The third-order valence-corrected chi connectivity index (χ3v) is 4.45. The van der Waals surface area contributed by atoms with Crippen molar-refractivity contribution in [3.05, 3.63) is 53.6 Å². The fraction of sp³-hybridized carbons (Fsp3) is 0.176. The minimum absolute atomic E-state index is 0.0133. The first-order valence-corrected chi connectivity index (χ1v) is 8.01. The molecule has 0 saturated carbocycles. The average Bonchev–Trinajstić information content (AvgIpc) is 2.49. The number of nitrogens with one attached hydrogen (secondary N) is 2. The van der Waals surface area contributed by atoms with Gasteiger partial charge in [0.2, 0.25) is 11.8 Å². The molecule has 0 aliphatic carbocycles. The summed E-state index contributed by atoms with van der Waals surface area (Å²) in [5.41, 5.74) is 3.60. The minimum Gasteiger partial charge on any atom is -0.326 e. The monoisotopic (exact) mass is 312 g/mol. The standard InChI is InChI=1S/C17H16N2O2S/c1-11-2-4-12(5-3-11)8-16(20)18-13-6-7-15-14(9-13)19-17(21)10-22-15/h2-7,9H,8,10H2,1H3,(H,18,20)(H,19,21). The second-order valence-corrected chi connectivity index (χ2v) is 6.28. The van der Waals surface area contributed by atoms with Crippen LogP contribution in [0.3, 0.4) is 0 Å². The molecule has 1 heterocycles. The quantitative estimate of drug-likeness (QED) is 0.915. The zero-order chi connectivity index (χ0) is 15.5. The van der Waals surface area contributed by atoms with Crippen LogP contribution in [0.5, 0.6) is 0 Å². The van der Waals surface area contributed by atoms with Crippen molar-refractivity contribution in [1.82, 2.24) is 0 Å². The highest BCUT2D eigenvalue weighted by Crippen LogP contribution is 2.33. The molecular weight excluding hydrogens is 296 g/mol. The van der Waals surface area contributed by atoms with Gasteiger partial charge in [0.1, 0.15) is 0 Å². The number of carbonyl (C=O) groups excluding carboxylic acids is 2. The number of hydrogen-bond donors (Lipinski definition) is 2. The van der Waals surface area contributed by atoms with E-state index in [4.69, 9.17) is 0 Å². The van der Waals surface area contributed by atoms with E-state index in [9.17, 15) is 9.59 Å². The van der Waals surface area contributed by atoms with Crippen LogP contribution >= 0.6 is 11.8 Å². The first-order valence-electron chi connectivity index (χ1n) is 7.02. The normalized spacial score (nSPS) is 13.2. The summed E-state index contributed by atoms with van der Waals surface area (Å²) in [6, 6.07) is 13.5. The maximum absolute atomic E-state index is 12.1. The van der Waals surface area contributed by atoms with Crippen LogP contribution < -0.4 is 10.6 Å². The van der Waals surface area contributed by atoms with Crippen LogP contribution in [0.1, 0.15) is 11.1 Å². The number of benzene rings is 2. The Balaban J connectivity index is 1.67. The van der Waals surface area contributed by atoms with E-state index in [1.165, 1.54) is 17.3 Å². The van der Waals surface area contributed by atoms with E-state index in [-0.39, 0.29) is 11.8 Å². The number of hydrogen-bond acceptors (Lipinski definition) is 3. The number of aryl methyl sites for hydroxylation is 1. The van der Waals surface area contributed by atoms with Gasteiger partial charge in [-0.3, -0.25) is 9.59 Å². The van der Waals surface area contributed by atoms with Gasteiger partial charge in [-0.05, 0) is 30.7 Å². The summed E-state index contributed by atoms with van der Waals surface area (Å²) in [5.74, 6) is 0.353. The van der Waals surface area contributed by atoms with Gasteiger partial charge in [0.25, 0.3) is 0 Å². The highest BCUT2D eigenvalue weighted by molar-refractivity contribution is 8.00. The molecule has 0 fully saturated rings. The molecule has 5 heteroatoms. The van der Waals surface area contributed by atoms with E-state index >= 15 is 0 Å². The lowest BCUT2D eigenvalue weighted by Gasteiger charge is -2.17. The molecule has 0 saturated heterocycles. The van der Waals surface area contributed by atoms with E-state index in [1.807, 2.05) is 43.3 Å². The third kappa shape index (κ3) is 3.49. The molecule has 3 rings (SSSR count). The fourth-order valence-electron chi connectivity index (χ4n) is 2.26. The van der Waals surface area contributed by atoms with Crippen molar-refractivity contribution in [3.8, 4) is 0 Å². The fourth-order valence-corrected chi connectivity index (χ4v) is 3.05. The van der Waals surface area contributed by atoms with Crippen LogP contribution in [0.2, 0.25) is 0 Å². The first kappa shape index (κ1) is 14.7. The molecule has 2 aromatic rings. The first-order chi connectivity index (χ1) is 10.6. The summed E-state index contributed by atoms with van der Waals surface area (Å²) in [7, 11) is 0. The number of amides is 2. The molecule has 1 aliphatic rings. The van der Waals surface area contributed by atoms with Crippen LogP contribution in [-0.4, -0.2) is 17.6 Å². The number of fused-ring (bicyclic) bond motifs is 1. The predicted octanol–water partition coefficient (Wildman–Crippen LogP) is 3.22.